The number of aryl methyl sites for hydroxylation is 1. The first-order chi connectivity index (χ1) is 7.20. The summed E-state index contributed by atoms with van der Waals surface area (Å²) in [5, 5.41) is 2.87. The second kappa shape index (κ2) is 3.77. The lowest BCUT2D eigenvalue weighted by atomic mass is 10.1. The van der Waals surface area contributed by atoms with Crippen molar-refractivity contribution in [3.05, 3.63) is 36.4 Å². The van der Waals surface area contributed by atoms with Crippen molar-refractivity contribution in [3.8, 4) is 0 Å². The Hall–Kier alpha value is -1.77. The van der Waals surface area contributed by atoms with Crippen LogP contribution in [0.1, 0.15) is 5.56 Å². The van der Waals surface area contributed by atoms with Crippen LogP contribution in [0.2, 0.25) is 0 Å². The summed E-state index contributed by atoms with van der Waals surface area (Å²) >= 11 is 0. The third-order valence-electron chi connectivity index (χ3n) is 2.45. The summed E-state index contributed by atoms with van der Waals surface area (Å²) in [4.78, 5) is 13.4. The molecule has 1 aromatic carbocycles. The van der Waals surface area contributed by atoms with Gasteiger partial charge in [0.05, 0.1) is 17.9 Å². The molecule has 0 radical (unpaired) electrons. The quantitative estimate of drug-likeness (QED) is 0.743. The Kier molecular flexibility index (Phi) is 2.46. The average Bonchev–Trinajstić information content (AvgIpc) is 2.17. The number of nitrogens with one attached hydrogen (secondary N) is 1. The zero-order valence-corrected chi connectivity index (χ0v) is 8.79. The predicted octanol–water partition coefficient (Wildman–Crippen LogP) is 1.94. The van der Waals surface area contributed by atoms with E-state index in [9.17, 15) is 4.79 Å². The number of carbonyl (C=O) groups is 1. The van der Waals surface area contributed by atoms with Gasteiger partial charge in [0, 0.05) is 6.54 Å². The van der Waals surface area contributed by atoms with Crippen LogP contribution in [-0.2, 0) is 4.79 Å². The van der Waals surface area contributed by atoms with Gasteiger partial charge in [-0.3, -0.25) is 4.79 Å². The molecule has 0 bridgehead atoms. The number of anilines is 2. The molecular formula is C12H14N2O. The molecule has 1 aromatic rings. The molecule has 0 aromatic heterocycles. The number of hydrogen-bond acceptors (Lipinski definition) is 2. The Balaban J connectivity index is 2.41. The molecule has 2 rings (SSSR count). The Morgan fingerprint density at radius 2 is 2.40 bits per heavy atom. The highest BCUT2D eigenvalue weighted by molar-refractivity contribution is 6.01. The van der Waals surface area contributed by atoms with Gasteiger partial charge in [-0.2, -0.15) is 0 Å². The Labute approximate surface area is 89.4 Å². The van der Waals surface area contributed by atoms with E-state index in [-0.39, 0.29) is 5.91 Å². The summed E-state index contributed by atoms with van der Waals surface area (Å²) < 4.78 is 0. The van der Waals surface area contributed by atoms with Crippen molar-refractivity contribution < 1.29 is 4.79 Å². The van der Waals surface area contributed by atoms with Gasteiger partial charge in [0.15, 0.2) is 0 Å². The highest BCUT2D eigenvalue weighted by atomic mass is 16.2. The molecule has 3 heteroatoms. The van der Waals surface area contributed by atoms with E-state index in [1.54, 1.807) is 0 Å². The molecule has 0 aliphatic carbocycles. The number of carbonyl (C=O) groups excluding carboxylic acids is 1. The van der Waals surface area contributed by atoms with Crippen LogP contribution in [0.25, 0.3) is 0 Å². The summed E-state index contributed by atoms with van der Waals surface area (Å²) in [6.45, 7) is 6.81. The number of benzene rings is 1. The molecule has 0 saturated heterocycles. The summed E-state index contributed by atoms with van der Waals surface area (Å²) in [6, 6.07) is 6.07. The Morgan fingerprint density at radius 3 is 3.13 bits per heavy atom. The molecule has 78 valence electrons. The molecule has 0 fully saturated rings. The smallest absolute Gasteiger partial charge is 0.243 e. The van der Waals surface area contributed by atoms with E-state index in [4.69, 9.17) is 0 Å². The van der Waals surface area contributed by atoms with Gasteiger partial charge < -0.3 is 10.2 Å². The van der Waals surface area contributed by atoms with E-state index in [0.717, 1.165) is 16.9 Å². The van der Waals surface area contributed by atoms with Crippen LogP contribution in [0.3, 0.4) is 0 Å². The molecule has 0 atom stereocenters. The molecule has 0 unspecified atom stereocenters. The predicted molar refractivity (Wildman–Crippen MR) is 62.2 cm³/mol. The topological polar surface area (TPSA) is 32.3 Å². The number of amides is 1. The Morgan fingerprint density at radius 1 is 1.60 bits per heavy atom. The van der Waals surface area contributed by atoms with Crippen LogP contribution in [-0.4, -0.2) is 19.0 Å². The fraction of sp³-hybridized carbons (Fsp3) is 0.250. The third kappa shape index (κ3) is 1.86. The van der Waals surface area contributed by atoms with Crippen LogP contribution in [0, 0.1) is 6.92 Å². The molecule has 1 N–H and O–H groups in total. The lowest BCUT2D eigenvalue weighted by Crippen LogP contribution is -2.38. The number of rotatable bonds is 2. The minimum absolute atomic E-state index is 0.0370. The van der Waals surface area contributed by atoms with Gasteiger partial charge in [0.1, 0.15) is 0 Å². The SMILES string of the molecule is C=CCN1CC(=O)Nc2cc(C)ccc21. The Bertz CT molecular complexity index is 412. The maximum absolute atomic E-state index is 11.4. The third-order valence-corrected chi connectivity index (χ3v) is 2.45. The largest absolute Gasteiger partial charge is 0.357 e. The van der Waals surface area contributed by atoms with Crippen LogP contribution in [0.4, 0.5) is 11.4 Å². The minimum Gasteiger partial charge on any atom is -0.357 e. The van der Waals surface area contributed by atoms with E-state index in [1.807, 2.05) is 36.1 Å². The summed E-state index contributed by atoms with van der Waals surface area (Å²) in [5.41, 5.74) is 3.11. The molecule has 0 saturated carbocycles. The van der Waals surface area contributed by atoms with Crippen molar-refractivity contribution in [2.24, 2.45) is 0 Å². The zero-order valence-electron chi connectivity index (χ0n) is 8.79. The molecule has 1 heterocycles. The molecule has 15 heavy (non-hydrogen) atoms. The van der Waals surface area contributed by atoms with Gasteiger partial charge in [-0.15, -0.1) is 6.58 Å². The van der Waals surface area contributed by atoms with E-state index >= 15 is 0 Å². The maximum Gasteiger partial charge on any atom is 0.243 e. The number of fused-ring (bicyclic) bond motifs is 1. The van der Waals surface area contributed by atoms with Crippen molar-refractivity contribution in [2.75, 3.05) is 23.3 Å². The summed E-state index contributed by atoms with van der Waals surface area (Å²) in [5.74, 6) is 0.0370. The second-order valence-corrected chi connectivity index (χ2v) is 3.74. The lowest BCUT2D eigenvalue weighted by Gasteiger charge is -2.30. The van der Waals surface area contributed by atoms with E-state index < -0.39 is 0 Å². The lowest BCUT2D eigenvalue weighted by molar-refractivity contribution is -0.115. The van der Waals surface area contributed by atoms with Gasteiger partial charge in [-0.1, -0.05) is 12.1 Å². The van der Waals surface area contributed by atoms with Gasteiger partial charge in [0.2, 0.25) is 5.91 Å². The van der Waals surface area contributed by atoms with Crippen molar-refractivity contribution in [3.63, 3.8) is 0 Å². The average molecular weight is 202 g/mol. The zero-order chi connectivity index (χ0) is 10.8. The first-order valence-electron chi connectivity index (χ1n) is 4.97. The van der Waals surface area contributed by atoms with E-state index in [0.29, 0.717) is 13.1 Å². The van der Waals surface area contributed by atoms with Crippen molar-refractivity contribution in [2.45, 2.75) is 6.92 Å². The number of nitrogens with zero attached hydrogens (tertiary/aromatic N) is 1. The van der Waals surface area contributed by atoms with Crippen LogP contribution in [0.15, 0.2) is 30.9 Å². The monoisotopic (exact) mass is 202 g/mol. The van der Waals surface area contributed by atoms with Crippen molar-refractivity contribution in [1.82, 2.24) is 0 Å². The van der Waals surface area contributed by atoms with Crippen LogP contribution >= 0.6 is 0 Å². The second-order valence-electron chi connectivity index (χ2n) is 3.74. The van der Waals surface area contributed by atoms with Crippen molar-refractivity contribution >= 4 is 17.3 Å². The van der Waals surface area contributed by atoms with Crippen LogP contribution in [0.5, 0.6) is 0 Å². The molecule has 3 nitrogen and oxygen atoms in total. The highest BCUT2D eigenvalue weighted by Crippen LogP contribution is 2.29. The standard InChI is InChI=1S/C12H14N2O/c1-3-6-14-8-12(15)13-10-7-9(2)4-5-11(10)14/h3-5,7H,1,6,8H2,2H3,(H,13,15). The van der Waals surface area contributed by atoms with Gasteiger partial charge in [0.25, 0.3) is 0 Å². The van der Waals surface area contributed by atoms with E-state index in [1.165, 1.54) is 0 Å². The molecule has 1 aliphatic heterocycles. The first-order valence-corrected chi connectivity index (χ1v) is 4.97. The van der Waals surface area contributed by atoms with E-state index in [2.05, 4.69) is 11.9 Å². The molecule has 1 amide bonds. The maximum atomic E-state index is 11.4. The normalized spacial score (nSPS) is 14.5. The fourth-order valence-corrected chi connectivity index (χ4v) is 1.79. The molecule has 1 aliphatic rings. The highest BCUT2D eigenvalue weighted by Gasteiger charge is 2.20. The van der Waals surface area contributed by atoms with Crippen LogP contribution < -0.4 is 10.2 Å². The fourth-order valence-electron chi connectivity index (χ4n) is 1.79. The summed E-state index contributed by atoms with van der Waals surface area (Å²) in [6.07, 6.45) is 1.81. The van der Waals surface area contributed by atoms with Crippen molar-refractivity contribution in [1.29, 1.82) is 0 Å². The number of hydrogen-bond donors (Lipinski definition) is 1. The summed E-state index contributed by atoms with van der Waals surface area (Å²) in [7, 11) is 0. The minimum atomic E-state index is 0.0370. The van der Waals surface area contributed by atoms with Gasteiger partial charge in [-0.05, 0) is 24.6 Å². The van der Waals surface area contributed by atoms with Gasteiger partial charge >= 0.3 is 0 Å². The molecule has 0 spiro atoms. The first kappa shape index (κ1) is 9.77. The van der Waals surface area contributed by atoms with Gasteiger partial charge in [-0.25, -0.2) is 0 Å². The molecular weight excluding hydrogens is 188 g/mol.